The lowest BCUT2D eigenvalue weighted by Crippen LogP contribution is -1.77. The van der Waals surface area contributed by atoms with E-state index < -0.39 is 0 Å². The first-order valence-corrected chi connectivity index (χ1v) is 4.29. The molecule has 1 aromatic heterocycles. The highest BCUT2D eigenvalue weighted by atomic mass is 79.9. The van der Waals surface area contributed by atoms with Gasteiger partial charge < -0.3 is 5.11 Å². The molecule has 2 nitrogen and oxygen atoms in total. The smallest absolute Gasteiger partial charge is 0.134 e. The Hall–Kier alpha value is -1.09. The van der Waals surface area contributed by atoms with Crippen molar-refractivity contribution >= 4 is 26.8 Å². The summed E-state index contributed by atoms with van der Waals surface area (Å²) < 4.78 is 0.994. The van der Waals surface area contributed by atoms with Gasteiger partial charge in [-0.2, -0.15) is 0 Å². The van der Waals surface area contributed by atoms with Crippen molar-refractivity contribution in [1.29, 1.82) is 0 Å². The first-order valence-electron chi connectivity index (χ1n) is 3.50. The monoisotopic (exact) mass is 223 g/mol. The first-order chi connectivity index (χ1) is 5.75. The van der Waals surface area contributed by atoms with Crippen LogP contribution in [-0.2, 0) is 0 Å². The minimum atomic E-state index is 0.199. The lowest BCUT2D eigenvalue weighted by Gasteiger charge is -1.97. The number of benzene rings is 1. The Morgan fingerprint density at radius 1 is 1.25 bits per heavy atom. The van der Waals surface area contributed by atoms with Crippen LogP contribution < -0.4 is 0 Å². The molecule has 0 saturated heterocycles. The van der Waals surface area contributed by atoms with Crippen molar-refractivity contribution in [2.75, 3.05) is 0 Å². The normalized spacial score (nSPS) is 10.4. The van der Waals surface area contributed by atoms with Crippen LogP contribution in [0.2, 0.25) is 0 Å². The summed E-state index contributed by atoms with van der Waals surface area (Å²) in [6.45, 7) is 0. The Labute approximate surface area is 78.0 Å². The zero-order valence-corrected chi connectivity index (χ0v) is 7.75. The topological polar surface area (TPSA) is 33.1 Å². The Morgan fingerprint density at radius 2 is 2.08 bits per heavy atom. The van der Waals surface area contributed by atoms with E-state index >= 15 is 0 Å². The fourth-order valence-corrected chi connectivity index (χ4v) is 1.43. The van der Waals surface area contributed by atoms with Crippen molar-refractivity contribution in [3.63, 3.8) is 0 Å². The van der Waals surface area contributed by atoms with Gasteiger partial charge in [0.15, 0.2) is 0 Å². The van der Waals surface area contributed by atoms with Gasteiger partial charge in [-0.1, -0.05) is 22.0 Å². The zero-order valence-electron chi connectivity index (χ0n) is 6.16. The molecule has 0 unspecified atom stereocenters. The molecular formula is C9H6BrNO. The number of hydrogen-bond acceptors (Lipinski definition) is 2. The molecule has 1 aromatic carbocycles. The van der Waals surface area contributed by atoms with Gasteiger partial charge in [0, 0.05) is 9.86 Å². The molecule has 0 aliphatic carbocycles. The van der Waals surface area contributed by atoms with Crippen LogP contribution in [0.15, 0.2) is 34.9 Å². The van der Waals surface area contributed by atoms with Gasteiger partial charge >= 0.3 is 0 Å². The van der Waals surface area contributed by atoms with E-state index in [1.165, 1.54) is 6.20 Å². The standard InChI is InChI=1S/C9H6BrNO/c10-7-2-1-6-3-8(12)5-11-9(6)4-7/h1-5,12H. The van der Waals surface area contributed by atoms with Crippen LogP contribution in [0.3, 0.4) is 0 Å². The van der Waals surface area contributed by atoms with Crippen molar-refractivity contribution in [2.45, 2.75) is 0 Å². The molecule has 0 aliphatic heterocycles. The SMILES string of the molecule is Oc1cnc2cc(Br)ccc2c1. The summed E-state index contributed by atoms with van der Waals surface area (Å²) in [6, 6.07) is 7.43. The van der Waals surface area contributed by atoms with E-state index in [1.807, 2.05) is 18.2 Å². The van der Waals surface area contributed by atoms with E-state index in [0.29, 0.717) is 0 Å². The highest BCUT2D eigenvalue weighted by molar-refractivity contribution is 9.10. The maximum Gasteiger partial charge on any atom is 0.134 e. The molecule has 60 valence electrons. The molecule has 0 saturated carbocycles. The Kier molecular flexibility index (Phi) is 1.73. The van der Waals surface area contributed by atoms with Gasteiger partial charge in [0.25, 0.3) is 0 Å². The maximum absolute atomic E-state index is 9.13. The molecule has 0 radical (unpaired) electrons. The second-order valence-electron chi connectivity index (χ2n) is 2.53. The number of rotatable bonds is 0. The summed E-state index contributed by atoms with van der Waals surface area (Å²) in [4.78, 5) is 4.06. The number of pyridine rings is 1. The average molecular weight is 224 g/mol. The third-order valence-corrected chi connectivity index (χ3v) is 2.13. The number of nitrogens with zero attached hydrogens (tertiary/aromatic N) is 1. The Bertz CT molecular complexity index is 387. The molecule has 0 aliphatic rings. The van der Waals surface area contributed by atoms with E-state index in [0.717, 1.165) is 15.4 Å². The fraction of sp³-hybridized carbons (Fsp3) is 0. The van der Waals surface area contributed by atoms with Crippen molar-refractivity contribution in [3.05, 3.63) is 34.9 Å². The molecule has 0 atom stereocenters. The molecule has 0 spiro atoms. The first kappa shape index (κ1) is 7.55. The summed E-state index contributed by atoms with van der Waals surface area (Å²) in [7, 11) is 0. The minimum Gasteiger partial charge on any atom is -0.506 e. The third-order valence-electron chi connectivity index (χ3n) is 1.63. The lowest BCUT2D eigenvalue weighted by molar-refractivity contribution is 0.474. The minimum absolute atomic E-state index is 0.199. The molecule has 0 bridgehead atoms. The van der Waals surface area contributed by atoms with E-state index in [4.69, 9.17) is 5.11 Å². The molecule has 1 N–H and O–H groups in total. The molecule has 2 aromatic rings. The highest BCUT2D eigenvalue weighted by Gasteiger charge is 1.96. The van der Waals surface area contributed by atoms with Gasteiger partial charge in [-0.25, -0.2) is 0 Å². The molecule has 1 heterocycles. The van der Waals surface area contributed by atoms with Gasteiger partial charge in [-0.15, -0.1) is 0 Å². The van der Waals surface area contributed by atoms with Gasteiger partial charge in [0.05, 0.1) is 11.7 Å². The maximum atomic E-state index is 9.13. The van der Waals surface area contributed by atoms with Crippen LogP contribution in [0.1, 0.15) is 0 Å². The van der Waals surface area contributed by atoms with Gasteiger partial charge in [-0.05, 0) is 18.2 Å². The summed E-state index contributed by atoms with van der Waals surface area (Å²) in [5.41, 5.74) is 0.877. The fourth-order valence-electron chi connectivity index (χ4n) is 1.08. The van der Waals surface area contributed by atoms with Crippen molar-refractivity contribution in [1.82, 2.24) is 4.98 Å². The zero-order chi connectivity index (χ0) is 8.55. The van der Waals surface area contributed by atoms with Crippen LogP contribution in [0.25, 0.3) is 10.9 Å². The summed E-state index contributed by atoms with van der Waals surface area (Å²) in [6.07, 6.45) is 1.44. The van der Waals surface area contributed by atoms with Crippen LogP contribution >= 0.6 is 15.9 Å². The average Bonchev–Trinajstić information content (AvgIpc) is 2.05. The number of hydrogen-bond donors (Lipinski definition) is 1. The predicted molar refractivity (Wildman–Crippen MR) is 51.1 cm³/mol. The molecule has 3 heteroatoms. The van der Waals surface area contributed by atoms with Crippen LogP contribution in [0.4, 0.5) is 0 Å². The van der Waals surface area contributed by atoms with Gasteiger partial charge in [-0.3, -0.25) is 4.98 Å². The van der Waals surface area contributed by atoms with E-state index in [-0.39, 0.29) is 5.75 Å². The Morgan fingerprint density at radius 3 is 2.92 bits per heavy atom. The number of fused-ring (bicyclic) bond motifs is 1. The number of aromatic hydroxyl groups is 1. The highest BCUT2D eigenvalue weighted by Crippen LogP contribution is 2.20. The van der Waals surface area contributed by atoms with Crippen molar-refractivity contribution in [3.8, 4) is 5.75 Å². The van der Waals surface area contributed by atoms with Crippen LogP contribution in [0, 0.1) is 0 Å². The van der Waals surface area contributed by atoms with Gasteiger partial charge in [0.1, 0.15) is 5.75 Å². The quantitative estimate of drug-likeness (QED) is 0.746. The second kappa shape index (κ2) is 2.75. The second-order valence-corrected chi connectivity index (χ2v) is 3.45. The Balaban J connectivity index is 2.79. The predicted octanol–water partition coefficient (Wildman–Crippen LogP) is 2.70. The largest absolute Gasteiger partial charge is 0.506 e. The van der Waals surface area contributed by atoms with E-state index in [9.17, 15) is 0 Å². The van der Waals surface area contributed by atoms with Crippen LogP contribution in [0.5, 0.6) is 5.75 Å². The summed E-state index contributed by atoms with van der Waals surface area (Å²) in [5.74, 6) is 0.199. The number of aromatic nitrogens is 1. The molecule has 0 fully saturated rings. The van der Waals surface area contributed by atoms with E-state index in [2.05, 4.69) is 20.9 Å². The summed E-state index contributed by atoms with van der Waals surface area (Å²) >= 11 is 3.35. The number of halogens is 1. The van der Waals surface area contributed by atoms with Gasteiger partial charge in [0.2, 0.25) is 0 Å². The van der Waals surface area contributed by atoms with Crippen molar-refractivity contribution in [2.24, 2.45) is 0 Å². The molecule has 0 amide bonds. The molecular weight excluding hydrogens is 218 g/mol. The third kappa shape index (κ3) is 1.28. The lowest BCUT2D eigenvalue weighted by atomic mass is 10.2. The summed E-state index contributed by atoms with van der Waals surface area (Å²) in [5, 5.41) is 10.1. The van der Waals surface area contributed by atoms with E-state index in [1.54, 1.807) is 6.07 Å². The molecule has 2 rings (SSSR count). The molecule has 12 heavy (non-hydrogen) atoms. The van der Waals surface area contributed by atoms with Crippen LogP contribution in [-0.4, -0.2) is 10.1 Å². The van der Waals surface area contributed by atoms with Crippen molar-refractivity contribution < 1.29 is 5.11 Å².